The van der Waals surface area contributed by atoms with Gasteiger partial charge >= 0.3 is 0 Å². The van der Waals surface area contributed by atoms with Crippen molar-refractivity contribution >= 4 is 17.4 Å². The highest BCUT2D eigenvalue weighted by Gasteiger charge is 2.12. The zero-order valence-electron chi connectivity index (χ0n) is 10.9. The Kier molecular flexibility index (Phi) is 4.13. The van der Waals surface area contributed by atoms with Crippen LogP contribution >= 0.6 is 0 Å². The van der Waals surface area contributed by atoms with Crippen molar-refractivity contribution in [2.45, 2.75) is 12.8 Å². The molecule has 1 aromatic carbocycles. The lowest BCUT2D eigenvalue weighted by atomic mass is 10.1. The van der Waals surface area contributed by atoms with Gasteiger partial charge < -0.3 is 5.73 Å². The summed E-state index contributed by atoms with van der Waals surface area (Å²) in [5.41, 5.74) is 7.45. The van der Waals surface area contributed by atoms with Crippen LogP contribution in [-0.4, -0.2) is 17.9 Å². The van der Waals surface area contributed by atoms with E-state index in [1.807, 2.05) is 30.3 Å². The topological polar surface area (TPSA) is 59.2 Å². The van der Waals surface area contributed by atoms with E-state index >= 15 is 0 Å². The van der Waals surface area contributed by atoms with Gasteiger partial charge in [0.25, 0.3) is 0 Å². The van der Waals surface area contributed by atoms with Crippen molar-refractivity contribution in [3.8, 4) is 0 Å². The number of nitrogens with two attached hydrogens (primary N) is 1. The van der Waals surface area contributed by atoms with Crippen molar-refractivity contribution in [3.63, 3.8) is 0 Å². The van der Waals surface area contributed by atoms with Crippen LogP contribution in [0, 0.1) is 0 Å². The summed E-state index contributed by atoms with van der Waals surface area (Å²) in [6, 6.07) is 13.4. The summed E-state index contributed by atoms with van der Waals surface area (Å²) in [6.07, 6.45) is 2.79. The van der Waals surface area contributed by atoms with Gasteiger partial charge in [-0.05, 0) is 18.1 Å². The predicted molar refractivity (Wildman–Crippen MR) is 76.8 cm³/mol. The second kappa shape index (κ2) is 6.00. The summed E-state index contributed by atoms with van der Waals surface area (Å²) in [5, 5.41) is 0. The average Bonchev–Trinajstić information content (AvgIpc) is 2.45. The number of amides is 1. The zero-order valence-corrected chi connectivity index (χ0v) is 10.9. The lowest BCUT2D eigenvalue weighted by Crippen LogP contribution is -2.27. The van der Waals surface area contributed by atoms with E-state index < -0.39 is 0 Å². The molecular formula is C15H17N3O. The third kappa shape index (κ3) is 3.55. The minimum absolute atomic E-state index is 0.0296. The Labute approximate surface area is 112 Å². The van der Waals surface area contributed by atoms with Crippen LogP contribution in [0.4, 0.5) is 11.5 Å². The lowest BCUT2D eigenvalue weighted by Gasteiger charge is -2.16. The summed E-state index contributed by atoms with van der Waals surface area (Å²) in [7, 11) is 1.72. The molecule has 4 nitrogen and oxygen atoms in total. The molecule has 0 aliphatic carbocycles. The zero-order chi connectivity index (χ0) is 13.7. The maximum atomic E-state index is 12.1. The number of rotatable bonds is 4. The van der Waals surface area contributed by atoms with E-state index in [2.05, 4.69) is 4.98 Å². The van der Waals surface area contributed by atoms with Crippen LogP contribution in [0.25, 0.3) is 0 Å². The van der Waals surface area contributed by atoms with E-state index in [0.29, 0.717) is 17.9 Å². The summed E-state index contributed by atoms with van der Waals surface area (Å²) in [4.78, 5) is 17.8. The van der Waals surface area contributed by atoms with E-state index in [9.17, 15) is 4.79 Å². The first-order chi connectivity index (χ1) is 9.16. The van der Waals surface area contributed by atoms with Crippen molar-refractivity contribution in [1.29, 1.82) is 0 Å². The van der Waals surface area contributed by atoms with Crippen LogP contribution in [-0.2, 0) is 11.2 Å². The molecule has 0 unspecified atom stereocenters. The van der Waals surface area contributed by atoms with Gasteiger partial charge in [-0.2, -0.15) is 0 Å². The molecule has 0 bridgehead atoms. The molecule has 1 aromatic heterocycles. The van der Waals surface area contributed by atoms with Crippen molar-refractivity contribution in [1.82, 2.24) is 4.98 Å². The largest absolute Gasteiger partial charge is 0.399 e. The van der Waals surface area contributed by atoms with Crippen molar-refractivity contribution in [2.24, 2.45) is 0 Å². The fraction of sp³-hybridized carbons (Fsp3) is 0.200. The number of nitrogen functional groups attached to an aromatic ring is 1. The van der Waals surface area contributed by atoms with Crippen molar-refractivity contribution < 1.29 is 4.79 Å². The predicted octanol–water partition coefficient (Wildman–Crippen LogP) is 2.26. The standard InChI is InChI=1S/C15H17N3O/c1-18(14-11-13(16)9-10-17-14)15(19)8-7-12-5-3-2-4-6-12/h2-6,9-11H,7-8H2,1H3,(H2,16,17). The van der Waals surface area contributed by atoms with Crippen LogP contribution in [0.3, 0.4) is 0 Å². The van der Waals surface area contributed by atoms with Gasteiger partial charge in [0.05, 0.1) is 0 Å². The first kappa shape index (κ1) is 13.1. The Balaban J connectivity index is 1.96. The lowest BCUT2D eigenvalue weighted by molar-refractivity contribution is -0.118. The summed E-state index contributed by atoms with van der Waals surface area (Å²) in [5.74, 6) is 0.611. The number of carbonyl (C=O) groups is 1. The molecule has 2 N–H and O–H groups in total. The second-order valence-corrected chi connectivity index (χ2v) is 4.39. The minimum atomic E-state index is 0.0296. The molecule has 2 aromatic rings. The van der Waals surface area contributed by atoms with Crippen molar-refractivity contribution in [3.05, 3.63) is 54.2 Å². The molecular weight excluding hydrogens is 238 g/mol. The second-order valence-electron chi connectivity index (χ2n) is 4.39. The Morgan fingerprint density at radius 3 is 2.68 bits per heavy atom. The van der Waals surface area contributed by atoms with Gasteiger partial charge in [-0.3, -0.25) is 9.69 Å². The van der Waals surface area contributed by atoms with Crippen LogP contribution in [0.15, 0.2) is 48.7 Å². The van der Waals surface area contributed by atoms with Gasteiger partial charge in [0.15, 0.2) is 0 Å². The number of pyridine rings is 1. The number of aromatic nitrogens is 1. The third-order valence-corrected chi connectivity index (χ3v) is 2.96. The quantitative estimate of drug-likeness (QED) is 0.911. The van der Waals surface area contributed by atoms with Gasteiger partial charge in [0, 0.05) is 31.4 Å². The molecule has 0 aliphatic rings. The maximum absolute atomic E-state index is 12.1. The number of benzene rings is 1. The molecule has 1 amide bonds. The molecule has 0 radical (unpaired) electrons. The fourth-order valence-electron chi connectivity index (χ4n) is 1.81. The molecule has 0 atom stereocenters. The van der Waals surface area contributed by atoms with Crippen molar-refractivity contribution in [2.75, 3.05) is 17.7 Å². The Hall–Kier alpha value is -2.36. The summed E-state index contributed by atoms with van der Waals surface area (Å²) in [6.45, 7) is 0. The summed E-state index contributed by atoms with van der Waals surface area (Å²) < 4.78 is 0. The molecule has 0 aliphatic heterocycles. The number of hydrogen-bond acceptors (Lipinski definition) is 3. The Morgan fingerprint density at radius 1 is 1.26 bits per heavy atom. The fourth-order valence-corrected chi connectivity index (χ4v) is 1.81. The van der Waals surface area contributed by atoms with Crippen LogP contribution in [0.2, 0.25) is 0 Å². The van der Waals surface area contributed by atoms with E-state index in [1.165, 1.54) is 0 Å². The summed E-state index contributed by atoms with van der Waals surface area (Å²) >= 11 is 0. The van der Waals surface area contributed by atoms with Crippen LogP contribution < -0.4 is 10.6 Å². The SMILES string of the molecule is CN(C(=O)CCc1ccccc1)c1cc(N)ccn1. The van der Waals surface area contributed by atoms with E-state index in [0.717, 1.165) is 12.0 Å². The van der Waals surface area contributed by atoms with Gasteiger partial charge in [0.1, 0.15) is 5.82 Å². The highest BCUT2D eigenvalue weighted by molar-refractivity contribution is 5.92. The Bertz CT molecular complexity index is 554. The molecule has 0 saturated heterocycles. The smallest absolute Gasteiger partial charge is 0.228 e. The van der Waals surface area contributed by atoms with E-state index in [-0.39, 0.29) is 5.91 Å². The van der Waals surface area contributed by atoms with Crippen LogP contribution in [0.1, 0.15) is 12.0 Å². The molecule has 0 spiro atoms. The highest BCUT2D eigenvalue weighted by Crippen LogP contribution is 2.14. The number of aryl methyl sites for hydroxylation is 1. The number of nitrogens with zero attached hydrogens (tertiary/aromatic N) is 2. The monoisotopic (exact) mass is 255 g/mol. The molecule has 0 fully saturated rings. The molecule has 1 heterocycles. The minimum Gasteiger partial charge on any atom is -0.399 e. The number of carbonyl (C=O) groups excluding carboxylic acids is 1. The molecule has 2 rings (SSSR count). The van der Waals surface area contributed by atoms with Gasteiger partial charge in [-0.15, -0.1) is 0 Å². The van der Waals surface area contributed by atoms with E-state index in [1.54, 1.807) is 30.3 Å². The average molecular weight is 255 g/mol. The number of hydrogen-bond donors (Lipinski definition) is 1. The first-order valence-electron chi connectivity index (χ1n) is 6.19. The van der Waals surface area contributed by atoms with Crippen LogP contribution in [0.5, 0.6) is 0 Å². The molecule has 0 saturated carbocycles. The number of anilines is 2. The molecule has 4 heteroatoms. The van der Waals surface area contributed by atoms with Gasteiger partial charge in [-0.25, -0.2) is 4.98 Å². The first-order valence-corrected chi connectivity index (χ1v) is 6.19. The normalized spacial score (nSPS) is 10.2. The van der Waals surface area contributed by atoms with Gasteiger partial charge in [-0.1, -0.05) is 30.3 Å². The maximum Gasteiger partial charge on any atom is 0.228 e. The molecule has 19 heavy (non-hydrogen) atoms. The molecule has 98 valence electrons. The third-order valence-electron chi connectivity index (χ3n) is 2.96. The van der Waals surface area contributed by atoms with E-state index in [4.69, 9.17) is 5.73 Å². The highest BCUT2D eigenvalue weighted by atomic mass is 16.2. The van der Waals surface area contributed by atoms with Gasteiger partial charge in [0.2, 0.25) is 5.91 Å². The Morgan fingerprint density at radius 2 is 2.00 bits per heavy atom.